The number of benzene rings is 3. The highest BCUT2D eigenvalue weighted by Gasteiger charge is 2.66. The summed E-state index contributed by atoms with van der Waals surface area (Å²) >= 11 is 0. The van der Waals surface area contributed by atoms with Crippen molar-refractivity contribution in [2.75, 3.05) is 25.2 Å². The number of ether oxygens (including phenoxy) is 2. The van der Waals surface area contributed by atoms with E-state index in [1.54, 1.807) is 7.11 Å². The molecule has 2 saturated heterocycles. The Morgan fingerprint density at radius 3 is 2.44 bits per heavy atom. The number of anilines is 1. The van der Waals surface area contributed by atoms with Crippen molar-refractivity contribution >= 4 is 30.8 Å². The summed E-state index contributed by atoms with van der Waals surface area (Å²) in [6.45, 7) is 7.88. The van der Waals surface area contributed by atoms with Crippen molar-refractivity contribution in [1.29, 1.82) is 0 Å². The molecule has 3 aromatic carbocycles. The van der Waals surface area contributed by atoms with Crippen LogP contribution < -0.4 is 14.8 Å². The lowest BCUT2D eigenvalue weighted by molar-refractivity contribution is -0.150. The molecule has 5 atom stereocenters. The Labute approximate surface area is 255 Å². The second-order valence-electron chi connectivity index (χ2n) is 12.8. The molecule has 3 heterocycles. The second kappa shape index (κ2) is 11.6. The Morgan fingerprint density at radius 1 is 1.05 bits per heavy atom. The van der Waals surface area contributed by atoms with Gasteiger partial charge in [0, 0.05) is 18.0 Å². The van der Waals surface area contributed by atoms with Crippen molar-refractivity contribution < 1.29 is 24.2 Å². The molecular weight excluding hydrogens is 556 g/mol. The molecule has 3 aliphatic heterocycles. The van der Waals surface area contributed by atoms with Crippen molar-refractivity contribution in [3.05, 3.63) is 90.0 Å². The highest BCUT2D eigenvalue weighted by Crippen LogP contribution is 2.60. The van der Waals surface area contributed by atoms with Crippen molar-refractivity contribution in [2.24, 2.45) is 5.92 Å². The summed E-state index contributed by atoms with van der Waals surface area (Å²) in [5, 5.41) is 11.2. The molecule has 2 amide bonds. The van der Waals surface area contributed by atoms with Crippen molar-refractivity contribution in [3.8, 4) is 5.75 Å². The number of aliphatic hydroxyl groups excluding tert-OH is 1. The minimum Gasteiger partial charge on any atom is -0.497 e. The third-order valence-electron chi connectivity index (χ3n) is 10.2. The van der Waals surface area contributed by atoms with E-state index in [0.29, 0.717) is 13.1 Å². The van der Waals surface area contributed by atoms with Gasteiger partial charge in [0.2, 0.25) is 5.91 Å². The van der Waals surface area contributed by atoms with Gasteiger partial charge in [0.25, 0.3) is 5.91 Å². The van der Waals surface area contributed by atoms with E-state index in [1.165, 1.54) is 5.19 Å². The van der Waals surface area contributed by atoms with Crippen LogP contribution in [0.2, 0.25) is 18.6 Å². The molecule has 0 unspecified atom stereocenters. The molecule has 1 N–H and O–H groups in total. The van der Waals surface area contributed by atoms with Gasteiger partial charge >= 0.3 is 0 Å². The average Bonchev–Trinajstić information content (AvgIpc) is 3.69. The fraction of sp³-hybridized carbons (Fsp3) is 0.429. The summed E-state index contributed by atoms with van der Waals surface area (Å²) in [5.74, 6) is 0.567. The van der Waals surface area contributed by atoms with Crippen LogP contribution in [0.4, 0.5) is 5.69 Å². The van der Waals surface area contributed by atoms with Crippen LogP contribution in [0.25, 0.3) is 0 Å². The minimum absolute atomic E-state index is 0.00444. The van der Waals surface area contributed by atoms with Gasteiger partial charge in [-0.05, 0) is 42.1 Å². The van der Waals surface area contributed by atoms with E-state index < -0.39 is 19.8 Å². The maximum absolute atomic E-state index is 14.8. The quantitative estimate of drug-likeness (QED) is 0.376. The van der Waals surface area contributed by atoms with E-state index in [4.69, 9.17) is 9.47 Å². The van der Waals surface area contributed by atoms with Crippen LogP contribution in [0.3, 0.4) is 0 Å². The van der Waals surface area contributed by atoms with Gasteiger partial charge in [0.15, 0.2) is 5.60 Å². The van der Waals surface area contributed by atoms with Crippen LogP contribution in [-0.2, 0) is 26.5 Å². The minimum atomic E-state index is -2.35. The molecule has 7 nitrogen and oxygen atoms in total. The smallest absolute Gasteiger partial charge is 0.264 e. The molecule has 6 rings (SSSR count). The normalized spacial score (nSPS) is 26.8. The molecule has 1 spiro atoms. The van der Waals surface area contributed by atoms with Crippen LogP contribution in [-0.4, -0.2) is 62.3 Å². The lowest BCUT2D eigenvalue weighted by atomic mass is 9.82. The van der Waals surface area contributed by atoms with E-state index in [9.17, 15) is 14.7 Å². The highest BCUT2D eigenvalue weighted by molar-refractivity contribution is 6.91. The highest BCUT2D eigenvalue weighted by atomic mass is 28.3. The van der Waals surface area contributed by atoms with Crippen LogP contribution >= 0.6 is 0 Å². The Hall–Kier alpha value is -3.46. The predicted octanol–water partition coefficient (Wildman–Crippen LogP) is 4.83. The Morgan fingerprint density at radius 2 is 1.74 bits per heavy atom. The number of hydrogen-bond donors (Lipinski definition) is 1. The zero-order valence-electron chi connectivity index (χ0n) is 25.5. The number of carbonyl (C=O) groups excluding carboxylic acids is 2. The number of hydrogen-bond acceptors (Lipinski definition) is 5. The maximum Gasteiger partial charge on any atom is 0.264 e. The third kappa shape index (κ3) is 4.89. The number of amides is 2. The zero-order valence-corrected chi connectivity index (χ0v) is 26.5. The number of likely N-dealkylation sites (tertiary alicyclic amines) is 1. The van der Waals surface area contributed by atoms with E-state index >= 15 is 0 Å². The van der Waals surface area contributed by atoms with Gasteiger partial charge in [-0.25, -0.2) is 0 Å². The van der Waals surface area contributed by atoms with E-state index in [0.717, 1.165) is 35.4 Å². The van der Waals surface area contributed by atoms with Gasteiger partial charge in [0.1, 0.15) is 5.75 Å². The molecule has 0 bridgehead atoms. The fourth-order valence-corrected chi connectivity index (χ4v) is 12.0. The van der Waals surface area contributed by atoms with Crippen LogP contribution in [0.5, 0.6) is 5.75 Å². The summed E-state index contributed by atoms with van der Waals surface area (Å²) in [7, 11) is -0.687. The summed E-state index contributed by atoms with van der Waals surface area (Å²) in [6, 6.07) is 26.1. The van der Waals surface area contributed by atoms with Gasteiger partial charge in [-0.15, -0.1) is 0 Å². The average molecular weight is 599 g/mol. The van der Waals surface area contributed by atoms with Gasteiger partial charge in [-0.3, -0.25) is 9.59 Å². The molecular formula is C35H42N2O5Si. The first-order valence-corrected chi connectivity index (χ1v) is 18.5. The molecule has 0 radical (unpaired) electrons. The molecule has 0 aliphatic carbocycles. The number of nitrogens with zero attached hydrogens (tertiary/aromatic N) is 2. The Bertz CT molecular complexity index is 1480. The van der Waals surface area contributed by atoms with Gasteiger partial charge in [0.05, 0.1) is 52.6 Å². The number of carbonyl (C=O) groups is 2. The van der Waals surface area contributed by atoms with E-state index in [2.05, 4.69) is 32.2 Å². The third-order valence-corrected chi connectivity index (χ3v) is 14.6. The van der Waals surface area contributed by atoms with Crippen LogP contribution in [0.1, 0.15) is 37.3 Å². The van der Waals surface area contributed by atoms with Crippen molar-refractivity contribution in [3.63, 3.8) is 0 Å². The molecule has 0 aromatic heterocycles. The Balaban J connectivity index is 1.42. The number of aliphatic hydroxyl groups is 1. The van der Waals surface area contributed by atoms with Crippen molar-refractivity contribution in [2.45, 2.75) is 69.1 Å². The number of fused-ring (bicyclic) bond motifs is 2. The summed E-state index contributed by atoms with van der Waals surface area (Å²) < 4.78 is 12.5. The van der Waals surface area contributed by atoms with Crippen LogP contribution in [0, 0.1) is 5.92 Å². The zero-order chi connectivity index (χ0) is 30.4. The topological polar surface area (TPSA) is 79.3 Å². The van der Waals surface area contributed by atoms with Crippen molar-refractivity contribution in [1.82, 2.24) is 4.90 Å². The van der Waals surface area contributed by atoms with Gasteiger partial charge in [-0.1, -0.05) is 85.9 Å². The summed E-state index contributed by atoms with van der Waals surface area (Å²) in [6.07, 6.45) is 1.44. The summed E-state index contributed by atoms with van der Waals surface area (Å²) in [5.41, 5.74) is 1.61. The number of methoxy groups -OCH3 is 1. The number of rotatable bonds is 8. The molecule has 3 aliphatic rings. The lowest BCUT2D eigenvalue weighted by Gasteiger charge is -2.37. The van der Waals surface area contributed by atoms with E-state index in [1.807, 2.05) is 76.5 Å². The molecule has 8 heteroatoms. The van der Waals surface area contributed by atoms with Gasteiger partial charge in [-0.2, -0.15) is 0 Å². The first-order chi connectivity index (χ1) is 20.7. The predicted molar refractivity (Wildman–Crippen MR) is 170 cm³/mol. The fourth-order valence-electron chi connectivity index (χ4n) is 8.03. The SMILES string of the molecule is COc1ccc([Si](C)(C)[C@@H]2[C@@H](CC(=O)N3CCC[C@H]3CO)O[C@]3(C(=O)N(Cc4ccccc4)c4ccccc43)[C@H]2C)cc1. The van der Waals surface area contributed by atoms with Gasteiger partial charge < -0.3 is 24.4 Å². The standard InChI is InChI=1S/C35H42N2O5Si/c1-24-33(43(3,4)28-18-16-27(41-2)17-19-28)31(21-32(39)36-20-10-13-26(36)23-38)42-35(24)29-14-8-9-15-30(29)37(34(35)40)22-25-11-6-5-7-12-25/h5-9,11-12,14-19,24,26,31,33,38H,10,13,20-23H2,1-4H3/t24-,26-,31+,33-,35+/m0/s1. The molecule has 2 fully saturated rings. The van der Waals surface area contributed by atoms with E-state index in [-0.39, 0.29) is 42.3 Å². The lowest BCUT2D eigenvalue weighted by Crippen LogP contribution is -2.52. The second-order valence-corrected chi connectivity index (χ2v) is 17.5. The first kappa shape index (κ1) is 29.6. The van der Waals surface area contributed by atoms with Crippen LogP contribution in [0.15, 0.2) is 78.9 Å². The summed E-state index contributed by atoms with van der Waals surface area (Å²) in [4.78, 5) is 32.3. The molecule has 226 valence electrons. The molecule has 0 saturated carbocycles. The Kier molecular flexibility index (Phi) is 7.96. The maximum atomic E-state index is 14.8. The molecule has 3 aromatic rings. The molecule has 43 heavy (non-hydrogen) atoms. The monoisotopic (exact) mass is 598 g/mol. The largest absolute Gasteiger partial charge is 0.497 e. The number of para-hydroxylation sites is 1. The first-order valence-electron chi connectivity index (χ1n) is 15.4.